The highest BCUT2D eigenvalue weighted by Crippen LogP contribution is 2.14. The second-order valence-electron chi connectivity index (χ2n) is 3.82. The second kappa shape index (κ2) is 4.90. The summed E-state index contributed by atoms with van der Waals surface area (Å²) in [6.07, 6.45) is 1.44. The number of aromatic nitrogens is 1. The van der Waals surface area contributed by atoms with Crippen LogP contribution in [-0.4, -0.2) is 24.1 Å². The average molecular weight is 284 g/mol. The number of rotatable bonds is 5. The molecule has 7 nitrogen and oxygen atoms in total. The van der Waals surface area contributed by atoms with Crippen molar-refractivity contribution in [1.29, 1.82) is 0 Å². The van der Waals surface area contributed by atoms with Gasteiger partial charge in [-0.3, -0.25) is 0 Å². The lowest BCUT2D eigenvalue weighted by atomic mass is 10.4. The zero-order valence-electron chi connectivity index (χ0n) is 10.0. The summed E-state index contributed by atoms with van der Waals surface area (Å²) >= 11 is 0. The summed E-state index contributed by atoms with van der Waals surface area (Å²) in [5, 5.41) is 8.76. The molecule has 102 valence electrons. The zero-order chi connectivity index (χ0) is 14.0. The normalized spacial score (nSPS) is 11.6. The standard InChI is InChI=1S/C11H12N2O5S/c1-13-9(11(14)15)4-5-10(13)19(16,17)12-7-8-3-2-6-18-8/h2-6,12H,7H2,1H3,(H,14,15). The molecule has 0 radical (unpaired) electrons. The summed E-state index contributed by atoms with van der Waals surface area (Å²) in [4.78, 5) is 10.9. The number of aromatic carboxylic acids is 1. The second-order valence-corrected chi connectivity index (χ2v) is 5.54. The Bertz CT molecular complexity index is 685. The summed E-state index contributed by atoms with van der Waals surface area (Å²) in [6.45, 7) is 0.00289. The molecule has 0 saturated carbocycles. The molecule has 0 aliphatic carbocycles. The topological polar surface area (TPSA) is 102 Å². The molecular weight excluding hydrogens is 272 g/mol. The van der Waals surface area contributed by atoms with Crippen molar-refractivity contribution in [3.63, 3.8) is 0 Å². The molecule has 0 bridgehead atoms. The van der Waals surface area contributed by atoms with E-state index in [9.17, 15) is 13.2 Å². The van der Waals surface area contributed by atoms with Gasteiger partial charge in [0, 0.05) is 7.05 Å². The van der Waals surface area contributed by atoms with Gasteiger partial charge in [-0.05, 0) is 24.3 Å². The van der Waals surface area contributed by atoms with E-state index in [2.05, 4.69) is 4.72 Å². The molecule has 2 aromatic rings. The zero-order valence-corrected chi connectivity index (χ0v) is 10.8. The van der Waals surface area contributed by atoms with Crippen LogP contribution in [0.15, 0.2) is 40.0 Å². The minimum Gasteiger partial charge on any atom is -0.477 e. The number of carboxylic acid groups (broad SMARTS) is 1. The first-order valence-electron chi connectivity index (χ1n) is 5.33. The van der Waals surface area contributed by atoms with Crippen LogP contribution >= 0.6 is 0 Å². The first-order valence-corrected chi connectivity index (χ1v) is 6.81. The lowest BCUT2D eigenvalue weighted by Gasteiger charge is -2.07. The summed E-state index contributed by atoms with van der Waals surface area (Å²) in [7, 11) is -2.41. The van der Waals surface area contributed by atoms with E-state index in [0.29, 0.717) is 5.76 Å². The van der Waals surface area contributed by atoms with Crippen molar-refractivity contribution in [1.82, 2.24) is 9.29 Å². The summed E-state index contributed by atoms with van der Waals surface area (Å²) < 4.78 is 32.5. The molecule has 0 aliphatic rings. The molecule has 0 fully saturated rings. The predicted octanol–water partition coefficient (Wildman–Crippen LogP) is 0.795. The number of furan rings is 1. The van der Waals surface area contributed by atoms with Gasteiger partial charge in [0.1, 0.15) is 11.5 Å². The maximum absolute atomic E-state index is 12.0. The van der Waals surface area contributed by atoms with Crippen LogP contribution in [0.3, 0.4) is 0 Å². The third-order valence-electron chi connectivity index (χ3n) is 2.59. The van der Waals surface area contributed by atoms with Gasteiger partial charge < -0.3 is 14.1 Å². The monoisotopic (exact) mass is 284 g/mol. The van der Waals surface area contributed by atoms with Gasteiger partial charge in [-0.1, -0.05) is 0 Å². The number of nitrogens with zero attached hydrogens (tertiary/aromatic N) is 1. The van der Waals surface area contributed by atoms with Crippen LogP contribution in [-0.2, 0) is 23.6 Å². The molecular formula is C11H12N2O5S. The highest BCUT2D eigenvalue weighted by molar-refractivity contribution is 7.89. The molecule has 2 rings (SSSR count). The number of nitrogens with one attached hydrogen (secondary N) is 1. The number of sulfonamides is 1. The van der Waals surface area contributed by atoms with Gasteiger partial charge in [0.05, 0.1) is 12.8 Å². The fourth-order valence-corrected chi connectivity index (χ4v) is 2.82. The Morgan fingerprint density at radius 2 is 2.16 bits per heavy atom. The highest BCUT2D eigenvalue weighted by Gasteiger charge is 2.21. The molecule has 19 heavy (non-hydrogen) atoms. The Balaban J connectivity index is 2.22. The average Bonchev–Trinajstić information content (AvgIpc) is 2.95. The molecule has 0 aliphatic heterocycles. The molecule has 0 aromatic carbocycles. The van der Waals surface area contributed by atoms with Crippen molar-refractivity contribution in [2.75, 3.05) is 0 Å². The van der Waals surface area contributed by atoms with Crippen LogP contribution in [0, 0.1) is 0 Å². The molecule has 0 spiro atoms. The summed E-state index contributed by atoms with van der Waals surface area (Å²) in [5.41, 5.74) is -0.0987. The maximum atomic E-state index is 12.0. The third-order valence-corrected chi connectivity index (χ3v) is 4.07. The fraction of sp³-hybridized carbons (Fsp3) is 0.182. The van der Waals surface area contributed by atoms with Crippen LogP contribution in [0.25, 0.3) is 0 Å². The highest BCUT2D eigenvalue weighted by atomic mass is 32.2. The smallest absolute Gasteiger partial charge is 0.352 e. The minimum absolute atomic E-state index is 0.00289. The van der Waals surface area contributed by atoms with Crippen molar-refractivity contribution in [2.24, 2.45) is 7.05 Å². The molecule has 0 unspecified atom stereocenters. The number of carboxylic acids is 1. The Morgan fingerprint density at radius 3 is 2.68 bits per heavy atom. The fourth-order valence-electron chi connectivity index (χ4n) is 1.63. The van der Waals surface area contributed by atoms with E-state index in [1.165, 1.54) is 25.4 Å². The van der Waals surface area contributed by atoms with E-state index in [1.807, 2.05) is 0 Å². The molecule has 0 saturated heterocycles. The van der Waals surface area contributed by atoms with E-state index in [4.69, 9.17) is 9.52 Å². The van der Waals surface area contributed by atoms with Crippen LogP contribution in [0.5, 0.6) is 0 Å². The number of hydrogen-bond donors (Lipinski definition) is 2. The number of hydrogen-bond acceptors (Lipinski definition) is 4. The Labute approximate surface area is 109 Å². The predicted molar refractivity (Wildman–Crippen MR) is 65.1 cm³/mol. The summed E-state index contributed by atoms with van der Waals surface area (Å²) in [5.74, 6) is -0.716. The van der Waals surface area contributed by atoms with Gasteiger partial charge in [-0.25, -0.2) is 17.9 Å². The molecule has 2 aromatic heterocycles. The van der Waals surface area contributed by atoms with Crippen LogP contribution in [0.4, 0.5) is 0 Å². The minimum atomic E-state index is -3.79. The molecule has 2 N–H and O–H groups in total. The van der Waals surface area contributed by atoms with Gasteiger partial charge in [-0.2, -0.15) is 0 Å². The van der Waals surface area contributed by atoms with Crippen LogP contribution in [0.2, 0.25) is 0 Å². The van der Waals surface area contributed by atoms with Crippen molar-refractivity contribution >= 4 is 16.0 Å². The van der Waals surface area contributed by atoms with Gasteiger partial charge in [0.15, 0.2) is 5.03 Å². The lowest BCUT2D eigenvalue weighted by molar-refractivity contribution is 0.0685. The molecule has 0 amide bonds. The van der Waals surface area contributed by atoms with Crippen molar-refractivity contribution in [3.05, 3.63) is 42.0 Å². The van der Waals surface area contributed by atoms with Crippen LogP contribution in [0.1, 0.15) is 16.2 Å². The largest absolute Gasteiger partial charge is 0.477 e. The van der Waals surface area contributed by atoms with Crippen molar-refractivity contribution in [2.45, 2.75) is 11.6 Å². The van der Waals surface area contributed by atoms with Crippen LogP contribution < -0.4 is 4.72 Å². The quantitative estimate of drug-likeness (QED) is 0.845. The summed E-state index contributed by atoms with van der Waals surface area (Å²) in [6, 6.07) is 5.77. The first-order chi connectivity index (χ1) is 8.92. The van der Waals surface area contributed by atoms with Crippen molar-refractivity contribution < 1.29 is 22.7 Å². The SMILES string of the molecule is Cn1c(C(=O)O)ccc1S(=O)(=O)NCc1ccco1. The van der Waals surface area contributed by atoms with Crippen molar-refractivity contribution in [3.8, 4) is 0 Å². The molecule has 2 heterocycles. The van der Waals surface area contributed by atoms with E-state index < -0.39 is 16.0 Å². The number of carbonyl (C=O) groups is 1. The Kier molecular flexibility index (Phi) is 3.45. The van der Waals surface area contributed by atoms with Gasteiger partial charge in [0.25, 0.3) is 10.0 Å². The molecule has 0 atom stereocenters. The van der Waals surface area contributed by atoms with E-state index in [0.717, 1.165) is 4.57 Å². The van der Waals surface area contributed by atoms with Gasteiger partial charge in [-0.15, -0.1) is 0 Å². The maximum Gasteiger partial charge on any atom is 0.352 e. The van der Waals surface area contributed by atoms with Gasteiger partial charge >= 0.3 is 5.97 Å². The first kappa shape index (κ1) is 13.4. The van der Waals surface area contributed by atoms with E-state index >= 15 is 0 Å². The third kappa shape index (κ3) is 2.69. The Morgan fingerprint density at radius 1 is 1.42 bits per heavy atom. The van der Waals surface area contributed by atoms with E-state index in [-0.39, 0.29) is 17.3 Å². The lowest BCUT2D eigenvalue weighted by Crippen LogP contribution is -2.25. The van der Waals surface area contributed by atoms with Gasteiger partial charge in [0.2, 0.25) is 0 Å². The Hall–Kier alpha value is -2.06. The molecule has 8 heteroatoms. The van der Waals surface area contributed by atoms with E-state index in [1.54, 1.807) is 12.1 Å².